The molecule has 1 N–H and O–H groups in total. The number of nitrogens with zero attached hydrogens (tertiary/aromatic N) is 1. The molecule has 0 aliphatic heterocycles. The van der Waals surface area contributed by atoms with Crippen molar-refractivity contribution < 1.29 is 13.9 Å². The first-order chi connectivity index (χ1) is 5.52. The van der Waals surface area contributed by atoms with Gasteiger partial charge in [-0.1, -0.05) is 0 Å². The second kappa shape index (κ2) is 5.43. The average Bonchev–Trinajstić information content (AvgIpc) is 2.00. The Morgan fingerprint density at radius 1 is 1.67 bits per heavy atom. The van der Waals surface area contributed by atoms with Crippen molar-refractivity contribution >= 4 is 22.6 Å². The molecule has 0 rings (SSSR count). The number of aliphatic hydroxyl groups is 1. The van der Waals surface area contributed by atoms with Crippen LogP contribution in [-0.2, 0) is 0 Å². The molecule has 0 saturated carbocycles. The predicted molar refractivity (Wildman–Crippen MR) is 49.0 cm³/mol. The predicted octanol–water partition coefficient (Wildman–Crippen LogP) is 2.24. The standard InChI is InChI=1S/C7H8F2INO/c8-7(9,2-1-3-11)4-6(10)5-12/h4,12H,1-2,5H2/b6-4-. The number of nitriles is 1. The van der Waals surface area contributed by atoms with E-state index in [1.165, 1.54) is 0 Å². The maximum Gasteiger partial charge on any atom is 0.268 e. The van der Waals surface area contributed by atoms with E-state index in [0.717, 1.165) is 0 Å². The molecule has 0 aromatic rings. The lowest BCUT2D eigenvalue weighted by atomic mass is 10.2. The molecule has 0 bridgehead atoms. The summed E-state index contributed by atoms with van der Waals surface area (Å²) in [5.41, 5.74) is 0. The van der Waals surface area contributed by atoms with Crippen molar-refractivity contribution in [2.45, 2.75) is 18.8 Å². The first-order valence-corrected chi connectivity index (χ1v) is 4.32. The van der Waals surface area contributed by atoms with Gasteiger partial charge in [0.05, 0.1) is 12.7 Å². The van der Waals surface area contributed by atoms with Crippen LogP contribution in [0.2, 0.25) is 0 Å². The fraction of sp³-hybridized carbons (Fsp3) is 0.571. The van der Waals surface area contributed by atoms with E-state index in [-0.39, 0.29) is 16.6 Å². The van der Waals surface area contributed by atoms with Gasteiger partial charge < -0.3 is 5.11 Å². The summed E-state index contributed by atoms with van der Waals surface area (Å²) in [6.45, 7) is -0.386. The van der Waals surface area contributed by atoms with Gasteiger partial charge in [0.2, 0.25) is 0 Å². The third-order valence-corrected chi connectivity index (χ3v) is 1.74. The molecule has 0 saturated heterocycles. The van der Waals surface area contributed by atoms with Gasteiger partial charge in [0.25, 0.3) is 5.92 Å². The smallest absolute Gasteiger partial charge is 0.268 e. The SMILES string of the molecule is N#CCCC(F)(F)/C=C(\I)CO. The molecular formula is C7H8F2INO. The van der Waals surface area contributed by atoms with Crippen molar-refractivity contribution in [3.05, 3.63) is 9.66 Å². The molecule has 0 fully saturated rings. The van der Waals surface area contributed by atoms with E-state index < -0.39 is 12.3 Å². The largest absolute Gasteiger partial charge is 0.391 e. The Labute approximate surface area is 83.0 Å². The summed E-state index contributed by atoms with van der Waals surface area (Å²) in [5, 5.41) is 16.5. The molecule has 0 aliphatic rings. The Morgan fingerprint density at radius 2 is 2.25 bits per heavy atom. The minimum atomic E-state index is -2.98. The molecule has 0 aromatic heterocycles. The molecule has 0 atom stereocenters. The van der Waals surface area contributed by atoms with E-state index in [0.29, 0.717) is 6.08 Å². The van der Waals surface area contributed by atoms with Crippen molar-refractivity contribution in [1.82, 2.24) is 0 Å². The van der Waals surface area contributed by atoms with Gasteiger partial charge in [-0.15, -0.1) is 0 Å². The van der Waals surface area contributed by atoms with Crippen LogP contribution in [-0.4, -0.2) is 17.6 Å². The molecule has 0 unspecified atom stereocenters. The highest BCUT2D eigenvalue weighted by Crippen LogP contribution is 2.24. The van der Waals surface area contributed by atoms with Gasteiger partial charge in [0.15, 0.2) is 0 Å². The summed E-state index contributed by atoms with van der Waals surface area (Å²) in [4.78, 5) is 0. The van der Waals surface area contributed by atoms with Crippen LogP contribution in [0.5, 0.6) is 0 Å². The average molecular weight is 287 g/mol. The van der Waals surface area contributed by atoms with E-state index >= 15 is 0 Å². The number of alkyl halides is 2. The van der Waals surface area contributed by atoms with Crippen LogP contribution in [0.25, 0.3) is 0 Å². The summed E-state index contributed by atoms with van der Waals surface area (Å²) in [5.74, 6) is -2.98. The van der Waals surface area contributed by atoms with Gasteiger partial charge in [-0.25, -0.2) is 8.78 Å². The van der Waals surface area contributed by atoms with Crippen molar-refractivity contribution in [1.29, 1.82) is 5.26 Å². The zero-order valence-corrected chi connectivity index (χ0v) is 8.38. The van der Waals surface area contributed by atoms with Crippen molar-refractivity contribution in [3.8, 4) is 6.07 Å². The van der Waals surface area contributed by atoms with Crippen LogP contribution in [0.15, 0.2) is 9.66 Å². The van der Waals surface area contributed by atoms with Gasteiger partial charge in [0, 0.05) is 16.4 Å². The van der Waals surface area contributed by atoms with Crippen LogP contribution in [0.4, 0.5) is 8.78 Å². The molecule has 2 nitrogen and oxygen atoms in total. The molecular weight excluding hydrogens is 279 g/mol. The molecule has 12 heavy (non-hydrogen) atoms. The number of rotatable bonds is 4. The van der Waals surface area contributed by atoms with E-state index in [2.05, 4.69) is 0 Å². The number of hydrogen-bond donors (Lipinski definition) is 1. The third kappa shape index (κ3) is 5.43. The number of aliphatic hydroxyl groups excluding tert-OH is 1. The number of halogens is 3. The summed E-state index contributed by atoms with van der Waals surface area (Å²) in [6.07, 6.45) is 0.0136. The summed E-state index contributed by atoms with van der Waals surface area (Å²) < 4.78 is 25.6. The minimum Gasteiger partial charge on any atom is -0.391 e. The van der Waals surface area contributed by atoms with Crippen molar-refractivity contribution in [2.75, 3.05) is 6.61 Å². The number of allylic oxidation sites excluding steroid dienone is 1. The highest BCUT2D eigenvalue weighted by Gasteiger charge is 2.25. The first kappa shape index (κ1) is 11.8. The fourth-order valence-electron chi connectivity index (χ4n) is 0.570. The molecule has 0 aliphatic carbocycles. The molecule has 0 heterocycles. The lowest BCUT2D eigenvalue weighted by Gasteiger charge is -2.09. The van der Waals surface area contributed by atoms with Gasteiger partial charge in [-0.05, 0) is 28.7 Å². The van der Waals surface area contributed by atoms with Crippen LogP contribution in [0.3, 0.4) is 0 Å². The molecule has 0 amide bonds. The van der Waals surface area contributed by atoms with Crippen LogP contribution in [0, 0.1) is 11.3 Å². The molecule has 68 valence electrons. The maximum absolute atomic E-state index is 12.7. The number of hydrogen-bond acceptors (Lipinski definition) is 2. The van der Waals surface area contributed by atoms with E-state index in [9.17, 15) is 8.78 Å². The van der Waals surface area contributed by atoms with Gasteiger partial charge in [0.1, 0.15) is 0 Å². The first-order valence-electron chi connectivity index (χ1n) is 3.24. The normalized spacial score (nSPS) is 12.8. The lowest BCUT2D eigenvalue weighted by molar-refractivity contribution is 0.0464. The van der Waals surface area contributed by atoms with Gasteiger partial charge in [-0.3, -0.25) is 0 Å². The highest BCUT2D eigenvalue weighted by atomic mass is 127. The zero-order chi connectivity index (χ0) is 9.61. The summed E-state index contributed by atoms with van der Waals surface area (Å²) >= 11 is 1.63. The van der Waals surface area contributed by atoms with E-state index in [1.54, 1.807) is 28.7 Å². The van der Waals surface area contributed by atoms with Crippen molar-refractivity contribution in [2.24, 2.45) is 0 Å². The van der Waals surface area contributed by atoms with E-state index in [1.807, 2.05) is 0 Å². The quantitative estimate of drug-likeness (QED) is 0.806. The Hall–Kier alpha value is -0.220. The summed E-state index contributed by atoms with van der Waals surface area (Å²) in [7, 11) is 0. The zero-order valence-electron chi connectivity index (χ0n) is 6.23. The Morgan fingerprint density at radius 3 is 2.67 bits per heavy atom. The van der Waals surface area contributed by atoms with Gasteiger partial charge in [-0.2, -0.15) is 5.26 Å². The Balaban J connectivity index is 4.13. The van der Waals surface area contributed by atoms with E-state index in [4.69, 9.17) is 10.4 Å². The van der Waals surface area contributed by atoms with Crippen LogP contribution < -0.4 is 0 Å². The van der Waals surface area contributed by atoms with Crippen LogP contribution in [0.1, 0.15) is 12.8 Å². The Bertz CT molecular complexity index is 210. The molecule has 0 spiro atoms. The second-order valence-electron chi connectivity index (χ2n) is 2.17. The fourth-order valence-corrected chi connectivity index (χ4v) is 1.03. The maximum atomic E-state index is 12.7. The molecule has 0 radical (unpaired) electrons. The molecule has 5 heteroatoms. The third-order valence-electron chi connectivity index (χ3n) is 1.09. The van der Waals surface area contributed by atoms with Gasteiger partial charge >= 0.3 is 0 Å². The van der Waals surface area contributed by atoms with Crippen molar-refractivity contribution in [3.63, 3.8) is 0 Å². The minimum absolute atomic E-state index is 0.182. The topological polar surface area (TPSA) is 44.0 Å². The lowest BCUT2D eigenvalue weighted by Crippen LogP contribution is -2.12. The Kier molecular flexibility index (Phi) is 5.33. The second-order valence-corrected chi connectivity index (χ2v) is 3.55. The monoisotopic (exact) mass is 287 g/mol. The van der Waals surface area contributed by atoms with Crippen LogP contribution >= 0.6 is 22.6 Å². The molecule has 0 aromatic carbocycles. The summed E-state index contributed by atoms with van der Waals surface area (Å²) in [6, 6.07) is 1.64. The highest BCUT2D eigenvalue weighted by molar-refractivity contribution is 14.1.